The average Bonchev–Trinajstić information content (AvgIpc) is 2.41. The van der Waals surface area contributed by atoms with Gasteiger partial charge in [0.15, 0.2) is 0 Å². The summed E-state index contributed by atoms with van der Waals surface area (Å²) in [5.41, 5.74) is 0.702. The van der Waals surface area contributed by atoms with Crippen molar-refractivity contribution < 1.29 is 14.7 Å². The van der Waals surface area contributed by atoms with Crippen LogP contribution >= 0.6 is 22.6 Å². The number of nitrogens with one attached hydrogen (secondary N) is 1. The molecule has 102 valence electrons. The number of carboxylic acid groups (broad SMARTS) is 1. The minimum atomic E-state index is -1.11. The SMILES string of the molecule is O=C([O-])[C@H]1CCCC[C@H]1C(=O)Nc1ccc(I)cc1. The number of benzene rings is 1. The van der Waals surface area contributed by atoms with Crippen LogP contribution in [0, 0.1) is 15.4 Å². The second-order valence-electron chi connectivity index (χ2n) is 4.81. The molecule has 1 aliphatic rings. The van der Waals surface area contributed by atoms with Crippen molar-refractivity contribution in [3.8, 4) is 0 Å². The molecule has 2 rings (SSSR count). The lowest BCUT2D eigenvalue weighted by Gasteiger charge is -2.31. The molecular formula is C14H15INO3-. The van der Waals surface area contributed by atoms with Crippen LogP contribution < -0.4 is 10.4 Å². The molecule has 4 nitrogen and oxygen atoms in total. The van der Waals surface area contributed by atoms with Gasteiger partial charge in [-0.05, 0) is 59.7 Å². The van der Waals surface area contributed by atoms with Gasteiger partial charge in [0.2, 0.25) is 5.91 Å². The summed E-state index contributed by atoms with van der Waals surface area (Å²) < 4.78 is 1.08. The van der Waals surface area contributed by atoms with Crippen LogP contribution in [0.5, 0.6) is 0 Å². The number of carboxylic acids is 1. The van der Waals surface area contributed by atoms with Gasteiger partial charge in [-0.25, -0.2) is 0 Å². The second-order valence-corrected chi connectivity index (χ2v) is 6.06. The van der Waals surface area contributed by atoms with Gasteiger partial charge in [0, 0.05) is 27.1 Å². The maximum Gasteiger partial charge on any atom is 0.228 e. The third-order valence-electron chi connectivity index (χ3n) is 3.52. The minimum Gasteiger partial charge on any atom is -0.550 e. The average molecular weight is 372 g/mol. The van der Waals surface area contributed by atoms with Crippen molar-refractivity contribution in [2.24, 2.45) is 11.8 Å². The Morgan fingerprint density at radius 3 is 2.26 bits per heavy atom. The smallest absolute Gasteiger partial charge is 0.228 e. The third-order valence-corrected chi connectivity index (χ3v) is 4.24. The van der Waals surface area contributed by atoms with E-state index in [0.29, 0.717) is 18.5 Å². The highest BCUT2D eigenvalue weighted by Crippen LogP contribution is 2.30. The van der Waals surface area contributed by atoms with Crippen molar-refractivity contribution in [1.82, 2.24) is 0 Å². The largest absolute Gasteiger partial charge is 0.550 e. The van der Waals surface area contributed by atoms with E-state index in [1.165, 1.54) is 0 Å². The lowest BCUT2D eigenvalue weighted by Crippen LogP contribution is -2.42. The van der Waals surface area contributed by atoms with Crippen LogP contribution in [0.3, 0.4) is 0 Å². The Hall–Kier alpha value is -1.11. The van der Waals surface area contributed by atoms with Gasteiger partial charge in [-0.1, -0.05) is 12.8 Å². The Bertz CT molecular complexity index is 472. The van der Waals surface area contributed by atoms with E-state index < -0.39 is 17.8 Å². The molecule has 0 spiro atoms. The zero-order valence-electron chi connectivity index (χ0n) is 10.4. The molecule has 0 aliphatic heterocycles. The number of carbonyl (C=O) groups excluding carboxylic acids is 2. The molecule has 1 aromatic carbocycles. The first-order chi connectivity index (χ1) is 9.08. The molecule has 0 bridgehead atoms. The van der Waals surface area contributed by atoms with E-state index in [-0.39, 0.29) is 5.91 Å². The van der Waals surface area contributed by atoms with Crippen LogP contribution in [0.2, 0.25) is 0 Å². The molecule has 0 heterocycles. The summed E-state index contributed by atoms with van der Waals surface area (Å²) in [7, 11) is 0. The number of aliphatic carboxylic acids is 1. The van der Waals surface area contributed by atoms with E-state index in [1.807, 2.05) is 24.3 Å². The molecule has 1 saturated carbocycles. The first kappa shape index (κ1) is 14.3. The van der Waals surface area contributed by atoms with Gasteiger partial charge in [-0.2, -0.15) is 0 Å². The van der Waals surface area contributed by atoms with Crippen molar-refractivity contribution in [1.29, 1.82) is 0 Å². The maximum atomic E-state index is 12.2. The quantitative estimate of drug-likeness (QED) is 0.823. The summed E-state index contributed by atoms with van der Waals surface area (Å²) in [6.07, 6.45) is 2.91. The lowest BCUT2D eigenvalue weighted by atomic mass is 9.78. The standard InChI is InChI=1S/C14H16INO3/c15-9-5-7-10(8-6-9)16-13(17)11-3-1-2-4-12(11)14(18)19/h5-8,11-12H,1-4H2,(H,16,17)(H,18,19)/p-1/t11-,12+/m1/s1. The van der Waals surface area contributed by atoms with Gasteiger partial charge in [0.1, 0.15) is 0 Å². The second kappa shape index (κ2) is 6.36. The summed E-state index contributed by atoms with van der Waals surface area (Å²) in [6, 6.07) is 7.42. The number of carbonyl (C=O) groups is 2. The minimum absolute atomic E-state index is 0.213. The fraction of sp³-hybridized carbons (Fsp3) is 0.429. The van der Waals surface area contributed by atoms with E-state index in [4.69, 9.17) is 0 Å². The third kappa shape index (κ3) is 3.68. The van der Waals surface area contributed by atoms with Crippen LogP contribution in [0.1, 0.15) is 25.7 Å². The Morgan fingerprint density at radius 1 is 1.11 bits per heavy atom. The van der Waals surface area contributed by atoms with Crippen molar-refractivity contribution in [3.63, 3.8) is 0 Å². The van der Waals surface area contributed by atoms with Crippen molar-refractivity contribution >= 4 is 40.2 Å². The Balaban J connectivity index is 2.05. The van der Waals surface area contributed by atoms with Gasteiger partial charge < -0.3 is 15.2 Å². The normalized spacial score (nSPS) is 22.8. The fourth-order valence-corrected chi connectivity index (χ4v) is 2.85. The highest BCUT2D eigenvalue weighted by molar-refractivity contribution is 14.1. The monoisotopic (exact) mass is 372 g/mol. The summed E-state index contributed by atoms with van der Waals surface area (Å²) in [5.74, 6) is -2.45. The van der Waals surface area contributed by atoms with E-state index in [1.54, 1.807) is 0 Å². The molecular weight excluding hydrogens is 357 g/mol. The Kier molecular flexibility index (Phi) is 4.79. The van der Waals surface area contributed by atoms with E-state index in [0.717, 1.165) is 16.4 Å². The van der Waals surface area contributed by atoms with Gasteiger partial charge in [0.05, 0.1) is 0 Å². The maximum absolute atomic E-state index is 12.2. The van der Waals surface area contributed by atoms with Gasteiger partial charge >= 0.3 is 0 Å². The van der Waals surface area contributed by atoms with Gasteiger partial charge in [-0.3, -0.25) is 4.79 Å². The number of hydrogen-bond donors (Lipinski definition) is 1. The first-order valence-corrected chi connectivity index (χ1v) is 7.43. The van der Waals surface area contributed by atoms with Gasteiger partial charge in [0.25, 0.3) is 0 Å². The van der Waals surface area contributed by atoms with Crippen LogP contribution in [0.25, 0.3) is 0 Å². The molecule has 0 saturated heterocycles. The molecule has 1 N–H and O–H groups in total. The first-order valence-electron chi connectivity index (χ1n) is 6.35. The Labute approximate surface area is 125 Å². The fourth-order valence-electron chi connectivity index (χ4n) is 2.49. The van der Waals surface area contributed by atoms with E-state index in [9.17, 15) is 14.7 Å². The topological polar surface area (TPSA) is 69.2 Å². The lowest BCUT2D eigenvalue weighted by molar-refractivity contribution is -0.313. The summed E-state index contributed by atoms with van der Waals surface area (Å²) in [6.45, 7) is 0. The predicted octanol–water partition coefficient (Wildman–Crippen LogP) is 1.79. The highest BCUT2D eigenvalue weighted by Gasteiger charge is 2.31. The molecule has 19 heavy (non-hydrogen) atoms. The van der Waals surface area contributed by atoms with Crippen molar-refractivity contribution in [2.45, 2.75) is 25.7 Å². The van der Waals surface area contributed by atoms with Crippen LogP contribution in [-0.4, -0.2) is 11.9 Å². The Morgan fingerprint density at radius 2 is 1.68 bits per heavy atom. The molecule has 1 fully saturated rings. The van der Waals surface area contributed by atoms with Crippen LogP contribution in [-0.2, 0) is 9.59 Å². The number of halogens is 1. The van der Waals surface area contributed by atoms with Crippen LogP contribution in [0.15, 0.2) is 24.3 Å². The summed E-state index contributed by atoms with van der Waals surface area (Å²) in [4.78, 5) is 23.2. The molecule has 0 aromatic heterocycles. The highest BCUT2D eigenvalue weighted by atomic mass is 127. The van der Waals surface area contributed by atoms with Crippen LogP contribution in [0.4, 0.5) is 5.69 Å². The molecule has 5 heteroatoms. The van der Waals surface area contributed by atoms with E-state index >= 15 is 0 Å². The predicted molar refractivity (Wildman–Crippen MR) is 78.2 cm³/mol. The molecule has 1 amide bonds. The van der Waals surface area contributed by atoms with Crippen molar-refractivity contribution in [3.05, 3.63) is 27.8 Å². The molecule has 1 aliphatic carbocycles. The number of hydrogen-bond acceptors (Lipinski definition) is 3. The summed E-state index contributed by atoms with van der Waals surface area (Å²) >= 11 is 2.19. The summed E-state index contributed by atoms with van der Waals surface area (Å²) in [5, 5.41) is 13.9. The number of amides is 1. The zero-order valence-corrected chi connectivity index (χ0v) is 12.6. The molecule has 0 unspecified atom stereocenters. The number of anilines is 1. The molecule has 1 aromatic rings. The number of rotatable bonds is 3. The molecule has 2 atom stereocenters. The molecule has 0 radical (unpaired) electrons. The van der Waals surface area contributed by atoms with Crippen molar-refractivity contribution in [2.75, 3.05) is 5.32 Å². The van der Waals surface area contributed by atoms with E-state index in [2.05, 4.69) is 27.9 Å². The zero-order chi connectivity index (χ0) is 13.8. The van der Waals surface area contributed by atoms with Gasteiger partial charge in [-0.15, -0.1) is 0 Å².